The van der Waals surface area contributed by atoms with Gasteiger partial charge in [-0.3, -0.25) is 0 Å². The Bertz CT molecular complexity index is 3700. The van der Waals surface area contributed by atoms with Crippen molar-refractivity contribution in [3.63, 3.8) is 0 Å². The Balaban J connectivity index is 0.909. The molecule has 1 heterocycles. The van der Waals surface area contributed by atoms with E-state index in [1.54, 1.807) is 0 Å². The highest BCUT2D eigenvalue weighted by Gasteiger charge is 2.16. The summed E-state index contributed by atoms with van der Waals surface area (Å²) >= 11 is 0. The fourth-order valence-electron chi connectivity index (χ4n) is 9.94. The van der Waals surface area contributed by atoms with Gasteiger partial charge in [-0.2, -0.15) is 0 Å². The second-order valence-electron chi connectivity index (χ2n) is 16.4. The third kappa shape index (κ3) is 5.68. The minimum Gasteiger partial charge on any atom is -0.327 e. The van der Waals surface area contributed by atoms with E-state index in [4.69, 9.17) is 4.98 Å². The number of nitrogens with zero attached hydrogens (tertiary/aromatic N) is 2. The number of aromatic nitrogens is 2. The quantitative estimate of drug-likeness (QED) is 0.159. The first-order valence-corrected chi connectivity index (χ1v) is 21.1. The van der Waals surface area contributed by atoms with Gasteiger partial charge in [0.25, 0.3) is 0 Å². The van der Waals surface area contributed by atoms with Crippen molar-refractivity contribution in [2.75, 3.05) is 0 Å². The first kappa shape index (κ1) is 35.2. The van der Waals surface area contributed by atoms with Crippen LogP contribution in [0.1, 0.15) is 5.56 Å². The van der Waals surface area contributed by atoms with E-state index in [-0.39, 0.29) is 0 Å². The maximum atomic E-state index is 5.08. The zero-order valence-electron chi connectivity index (χ0n) is 34.0. The van der Waals surface area contributed by atoms with Crippen LogP contribution in [0.25, 0.3) is 121 Å². The molecule has 0 unspecified atom stereocenters. The van der Waals surface area contributed by atoms with Gasteiger partial charge in [0, 0.05) is 12.6 Å². The highest BCUT2D eigenvalue weighted by atomic mass is 15.1. The van der Waals surface area contributed by atoms with Gasteiger partial charge in [-0.1, -0.05) is 188 Å². The molecule has 286 valence electrons. The lowest BCUT2D eigenvalue weighted by Crippen LogP contribution is -1.91. The Labute approximate surface area is 354 Å². The average Bonchev–Trinajstić information content (AvgIpc) is 3.65. The Hall–Kier alpha value is -7.81. The molecule has 0 aliphatic heterocycles. The van der Waals surface area contributed by atoms with Crippen LogP contribution >= 0.6 is 0 Å². The smallest absolute Gasteiger partial charge is 0.140 e. The monoisotopic (exact) mass is 776 g/mol. The number of benzene rings is 11. The maximum Gasteiger partial charge on any atom is 0.140 e. The maximum absolute atomic E-state index is 5.08. The van der Waals surface area contributed by atoms with Gasteiger partial charge >= 0.3 is 0 Å². The molecule has 12 aromatic rings. The molecule has 1 aromatic heterocycles. The van der Waals surface area contributed by atoms with Gasteiger partial charge in [-0.25, -0.2) is 4.98 Å². The van der Waals surface area contributed by atoms with Gasteiger partial charge in [0.05, 0.1) is 11.0 Å². The molecule has 0 N–H and O–H groups in total. The van der Waals surface area contributed by atoms with Crippen molar-refractivity contribution in [3.05, 3.63) is 212 Å². The Morgan fingerprint density at radius 3 is 1.66 bits per heavy atom. The molecule has 0 atom stereocenters. The van der Waals surface area contributed by atoms with E-state index >= 15 is 0 Å². The van der Waals surface area contributed by atoms with Crippen LogP contribution in [0.2, 0.25) is 0 Å². The van der Waals surface area contributed by atoms with Crippen LogP contribution in [0.15, 0.2) is 206 Å². The van der Waals surface area contributed by atoms with Crippen LogP contribution in [0.4, 0.5) is 0 Å². The fourth-order valence-corrected chi connectivity index (χ4v) is 9.94. The molecule has 2 nitrogen and oxygen atoms in total. The normalized spacial score (nSPS) is 11.8. The molecule has 0 fully saturated rings. The number of aryl methyl sites for hydroxylation is 2. The lowest BCUT2D eigenvalue weighted by atomic mass is 9.88. The van der Waals surface area contributed by atoms with Crippen LogP contribution in [-0.4, -0.2) is 9.55 Å². The predicted molar refractivity (Wildman–Crippen MR) is 260 cm³/mol. The van der Waals surface area contributed by atoms with Crippen LogP contribution < -0.4 is 0 Å². The molecule has 2 heteroatoms. The van der Waals surface area contributed by atoms with Gasteiger partial charge < -0.3 is 4.57 Å². The minimum atomic E-state index is 0.976. The summed E-state index contributed by atoms with van der Waals surface area (Å²) in [5.74, 6) is 0.976. The van der Waals surface area contributed by atoms with Gasteiger partial charge in [0.1, 0.15) is 5.82 Å². The van der Waals surface area contributed by atoms with Crippen molar-refractivity contribution < 1.29 is 0 Å². The van der Waals surface area contributed by atoms with Gasteiger partial charge in [-0.05, 0) is 129 Å². The Morgan fingerprint density at radius 1 is 0.344 bits per heavy atom. The molecule has 0 amide bonds. The van der Waals surface area contributed by atoms with E-state index in [1.807, 2.05) is 6.07 Å². The molecule has 0 saturated carbocycles. The van der Waals surface area contributed by atoms with E-state index in [2.05, 4.69) is 219 Å². The minimum absolute atomic E-state index is 0.976. The lowest BCUT2D eigenvalue weighted by molar-refractivity contribution is 0.959. The number of rotatable bonds is 5. The van der Waals surface area contributed by atoms with Crippen molar-refractivity contribution >= 4 is 64.9 Å². The van der Waals surface area contributed by atoms with Crippen molar-refractivity contribution in [3.8, 4) is 55.9 Å². The molecule has 0 saturated heterocycles. The number of imidazole rings is 1. The van der Waals surface area contributed by atoms with Crippen molar-refractivity contribution in [1.82, 2.24) is 9.55 Å². The zero-order chi connectivity index (χ0) is 40.6. The molecule has 12 rings (SSSR count). The van der Waals surface area contributed by atoms with Gasteiger partial charge in [0.15, 0.2) is 0 Å². The summed E-state index contributed by atoms with van der Waals surface area (Å²) in [5.41, 5.74) is 14.3. The first-order valence-electron chi connectivity index (χ1n) is 21.1. The van der Waals surface area contributed by atoms with Crippen molar-refractivity contribution in [2.24, 2.45) is 7.05 Å². The van der Waals surface area contributed by atoms with Crippen LogP contribution in [0.5, 0.6) is 0 Å². The molecule has 61 heavy (non-hydrogen) atoms. The Morgan fingerprint density at radius 2 is 0.918 bits per heavy atom. The number of hydrogen-bond donors (Lipinski definition) is 0. The second kappa shape index (κ2) is 13.9. The first-order chi connectivity index (χ1) is 30.1. The van der Waals surface area contributed by atoms with E-state index in [0.29, 0.717) is 0 Å². The van der Waals surface area contributed by atoms with Crippen molar-refractivity contribution in [2.45, 2.75) is 6.92 Å². The van der Waals surface area contributed by atoms with E-state index in [0.717, 1.165) is 22.4 Å². The molecular weight excluding hydrogens is 737 g/mol. The van der Waals surface area contributed by atoms with Gasteiger partial charge in [-0.15, -0.1) is 0 Å². The highest BCUT2D eigenvalue weighted by Crippen LogP contribution is 2.42. The molecule has 11 aromatic carbocycles. The van der Waals surface area contributed by atoms with Crippen molar-refractivity contribution in [1.29, 1.82) is 0 Å². The van der Waals surface area contributed by atoms with E-state index in [9.17, 15) is 0 Å². The fraction of sp³-hybridized carbons (Fsp3) is 0.0339. The molecule has 0 spiro atoms. The molecule has 0 aliphatic rings. The molecule has 0 aliphatic carbocycles. The molecular formula is C59H40N2. The third-order valence-corrected chi connectivity index (χ3v) is 12.9. The Kier molecular flexibility index (Phi) is 8.01. The van der Waals surface area contributed by atoms with Crippen LogP contribution in [-0.2, 0) is 7.05 Å². The summed E-state index contributed by atoms with van der Waals surface area (Å²) in [6.45, 7) is 2.23. The SMILES string of the molecule is Cc1cccc2ccc3cccc(-c4cccc5ccc6cc(-c7ccc(-c8ccc(-c9ccc%10c(c9)nc(-c9ccccc9)n%10C)c9ccccc89)cc7)ccc6c45)c3c12. The van der Waals surface area contributed by atoms with Crippen LogP contribution in [0.3, 0.4) is 0 Å². The summed E-state index contributed by atoms with van der Waals surface area (Å²) in [4.78, 5) is 5.08. The molecule has 0 bridgehead atoms. The standard InChI is InChI=1S/C59H40N2/c1-37-11-8-14-40-25-26-42-16-10-20-53(58(42)56(37)40)52-19-9-15-41-27-28-45-35-44(29-31-49(45)57(41)52)38-21-23-39(24-22-38)47-32-33-48(51-18-7-6-17-50(47)51)46-30-34-55-54(36-46)60-59(61(55)2)43-12-4-3-5-13-43/h3-36H,1-2H3. The molecule has 0 radical (unpaired) electrons. The average molecular weight is 777 g/mol. The summed E-state index contributed by atoms with van der Waals surface area (Å²) in [5, 5.41) is 12.7. The number of fused-ring (bicyclic) bond motifs is 8. The highest BCUT2D eigenvalue weighted by molar-refractivity contribution is 6.21. The van der Waals surface area contributed by atoms with E-state index < -0.39 is 0 Å². The largest absolute Gasteiger partial charge is 0.327 e. The van der Waals surface area contributed by atoms with Gasteiger partial charge in [0.2, 0.25) is 0 Å². The predicted octanol–water partition coefficient (Wildman–Crippen LogP) is 16.0. The lowest BCUT2D eigenvalue weighted by Gasteiger charge is -2.16. The zero-order valence-corrected chi connectivity index (χ0v) is 34.0. The topological polar surface area (TPSA) is 17.8 Å². The van der Waals surface area contributed by atoms with E-state index in [1.165, 1.54) is 104 Å². The summed E-state index contributed by atoms with van der Waals surface area (Å²) in [6, 6.07) is 75.7. The third-order valence-electron chi connectivity index (χ3n) is 12.9. The van der Waals surface area contributed by atoms with Crippen LogP contribution in [0, 0.1) is 6.92 Å². The summed E-state index contributed by atoms with van der Waals surface area (Å²) in [7, 11) is 2.10. The second-order valence-corrected chi connectivity index (χ2v) is 16.4. The number of hydrogen-bond acceptors (Lipinski definition) is 1. The summed E-state index contributed by atoms with van der Waals surface area (Å²) < 4.78 is 2.18. The summed E-state index contributed by atoms with van der Waals surface area (Å²) in [6.07, 6.45) is 0.